The lowest BCUT2D eigenvalue weighted by Gasteiger charge is -2.21. The van der Waals surface area contributed by atoms with Crippen molar-refractivity contribution in [3.63, 3.8) is 0 Å². The Hall–Kier alpha value is -4.02. The van der Waals surface area contributed by atoms with Crippen molar-refractivity contribution < 1.29 is 80.2 Å². The Morgan fingerprint density at radius 3 is 0.810 bits per heavy atom. The van der Waals surface area contributed by atoms with Gasteiger partial charge in [-0.2, -0.15) is 0 Å². The van der Waals surface area contributed by atoms with Crippen LogP contribution in [0.25, 0.3) is 0 Å². The number of carbonyl (C=O) groups is 4. The molecule has 19 heteroatoms. The number of esters is 4. The third-order valence-corrected chi connectivity index (χ3v) is 18.4. The molecule has 0 amide bonds. The summed E-state index contributed by atoms with van der Waals surface area (Å²) in [6, 6.07) is 0. The maximum absolute atomic E-state index is 13.1. The van der Waals surface area contributed by atoms with Crippen LogP contribution in [0.4, 0.5) is 0 Å². The van der Waals surface area contributed by atoms with Crippen molar-refractivity contribution in [2.75, 3.05) is 39.6 Å². The van der Waals surface area contributed by atoms with Crippen LogP contribution in [0.2, 0.25) is 0 Å². The van der Waals surface area contributed by atoms with E-state index >= 15 is 0 Å². The van der Waals surface area contributed by atoms with Gasteiger partial charge in [-0.1, -0.05) is 279 Å². The number of rotatable bonds is 74. The van der Waals surface area contributed by atoms with Crippen molar-refractivity contribution in [2.45, 2.75) is 354 Å². The van der Waals surface area contributed by atoms with Crippen LogP contribution in [0.5, 0.6) is 0 Å². The molecule has 3 N–H and O–H groups in total. The molecule has 0 saturated carbocycles. The number of phosphoric ester groups is 2. The SMILES string of the molecule is CCCCC/C=C\C/C=C\C/C=C\C/C=C\CCCC(=O)OC[C@H](COP(=O)(O)OC[C@@H](O)COP(=O)(O)OC[C@@H](COC(=O)CCCCCCCCCCCCCCC)OC(=O)CCCCCCC/C=C\C/C=C\CCCCC)OC(=O)CCCCCCC/C=C\C/C=C\CCCCC. The summed E-state index contributed by atoms with van der Waals surface area (Å²) in [6.45, 7) is 4.73. The van der Waals surface area contributed by atoms with Gasteiger partial charge in [-0.05, 0) is 128 Å². The fourth-order valence-electron chi connectivity index (χ4n) is 10.4. The Morgan fingerprint density at radius 2 is 0.500 bits per heavy atom. The average Bonchev–Trinajstić information content (AvgIpc) is 0.945. The molecular formula is C81H142O17P2. The van der Waals surface area contributed by atoms with E-state index in [1.807, 2.05) is 12.2 Å². The molecule has 0 aromatic heterocycles. The van der Waals surface area contributed by atoms with Gasteiger partial charge in [0.15, 0.2) is 12.2 Å². The van der Waals surface area contributed by atoms with Crippen LogP contribution >= 0.6 is 15.6 Å². The van der Waals surface area contributed by atoms with Crippen molar-refractivity contribution in [1.82, 2.24) is 0 Å². The maximum Gasteiger partial charge on any atom is 0.472 e. The van der Waals surface area contributed by atoms with Gasteiger partial charge in [-0.15, -0.1) is 0 Å². The highest BCUT2D eigenvalue weighted by Crippen LogP contribution is 2.45. The lowest BCUT2D eigenvalue weighted by atomic mass is 10.0. The highest BCUT2D eigenvalue weighted by molar-refractivity contribution is 7.47. The summed E-state index contributed by atoms with van der Waals surface area (Å²) in [5.74, 6) is -2.25. The summed E-state index contributed by atoms with van der Waals surface area (Å²) in [5.41, 5.74) is 0. The first-order chi connectivity index (χ1) is 48.7. The Morgan fingerprint density at radius 1 is 0.280 bits per heavy atom. The monoisotopic (exact) mass is 1450 g/mol. The van der Waals surface area contributed by atoms with Gasteiger partial charge in [-0.3, -0.25) is 37.3 Å². The number of allylic oxidation sites excluding steroid dienone is 16. The molecule has 0 rings (SSSR count). The molecule has 0 bridgehead atoms. The van der Waals surface area contributed by atoms with Crippen LogP contribution in [0.15, 0.2) is 97.2 Å². The van der Waals surface area contributed by atoms with Gasteiger partial charge < -0.3 is 33.8 Å². The smallest absolute Gasteiger partial charge is 0.462 e. The van der Waals surface area contributed by atoms with Crippen molar-refractivity contribution in [3.05, 3.63) is 97.2 Å². The van der Waals surface area contributed by atoms with Gasteiger partial charge in [0.2, 0.25) is 0 Å². The third kappa shape index (κ3) is 72.3. The van der Waals surface area contributed by atoms with Gasteiger partial charge in [0, 0.05) is 25.7 Å². The predicted octanol–water partition coefficient (Wildman–Crippen LogP) is 22.8. The van der Waals surface area contributed by atoms with E-state index in [0.29, 0.717) is 32.1 Å². The van der Waals surface area contributed by atoms with Crippen LogP contribution in [0.3, 0.4) is 0 Å². The van der Waals surface area contributed by atoms with Gasteiger partial charge in [0.1, 0.15) is 19.3 Å². The van der Waals surface area contributed by atoms with Gasteiger partial charge in [0.25, 0.3) is 0 Å². The summed E-state index contributed by atoms with van der Waals surface area (Å²) in [4.78, 5) is 72.9. The van der Waals surface area contributed by atoms with Crippen LogP contribution < -0.4 is 0 Å². The number of hydrogen-bond donors (Lipinski definition) is 3. The molecule has 0 aliphatic heterocycles. The second kappa shape index (κ2) is 73.3. The van der Waals surface area contributed by atoms with E-state index < -0.39 is 97.5 Å². The zero-order chi connectivity index (χ0) is 73.2. The largest absolute Gasteiger partial charge is 0.472 e. The molecule has 578 valence electrons. The molecule has 0 spiro atoms. The highest BCUT2D eigenvalue weighted by atomic mass is 31.2. The van der Waals surface area contributed by atoms with Gasteiger partial charge in [0.05, 0.1) is 26.4 Å². The van der Waals surface area contributed by atoms with Crippen molar-refractivity contribution in [1.29, 1.82) is 0 Å². The third-order valence-electron chi connectivity index (χ3n) is 16.5. The van der Waals surface area contributed by atoms with E-state index in [-0.39, 0.29) is 25.7 Å². The van der Waals surface area contributed by atoms with Gasteiger partial charge in [-0.25, -0.2) is 9.13 Å². The summed E-state index contributed by atoms with van der Waals surface area (Å²) < 4.78 is 68.5. The molecule has 0 radical (unpaired) electrons. The molecule has 0 fully saturated rings. The highest BCUT2D eigenvalue weighted by Gasteiger charge is 2.30. The molecular weight excluding hydrogens is 1310 g/mol. The summed E-state index contributed by atoms with van der Waals surface area (Å²) in [5, 5.41) is 10.6. The van der Waals surface area contributed by atoms with E-state index in [9.17, 15) is 43.2 Å². The second-order valence-electron chi connectivity index (χ2n) is 26.3. The molecule has 0 aromatic carbocycles. The molecule has 0 aliphatic rings. The van der Waals surface area contributed by atoms with Crippen LogP contribution in [-0.4, -0.2) is 96.7 Å². The number of unbranched alkanes of at least 4 members (excludes halogenated alkanes) is 32. The van der Waals surface area contributed by atoms with Crippen molar-refractivity contribution in [3.8, 4) is 0 Å². The average molecular weight is 1450 g/mol. The Kier molecular flexibility index (Phi) is 70.4. The summed E-state index contributed by atoms with van der Waals surface area (Å²) in [6.07, 6.45) is 76.8. The second-order valence-corrected chi connectivity index (χ2v) is 29.2. The fraction of sp³-hybridized carbons (Fsp3) is 0.753. The van der Waals surface area contributed by atoms with Crippen molar-refractivity contribution >= 4 is 39.5 Å². The Balaban J connectivity index is 5.41. The normalized spacial score (nSPS) is 14.4. The summed E-state index contributed by atoms with van der Waals surface area (Å²) in [7, 11) is -9.97. The predicted molar refractivity (Wildman–Crippen MR) is 409 cm³/mol. The van der Waals surface area contributed by atoms with E-state index in [4.69, 9.17) is 37.0 Å². The lowest BCUT2D eigenvalue weighted by molar-refractivity contribution is -0.161. The molecule has 0 aromatic rings. The zero-order valence-electron chi connectivity index (χ0n) is 63.1. The number of aliphatic hydroxyl groups is 1. The molecule has 100 heavy (non-hydrogen) atoms. The first kappa shape index (κ1) is 96.0. The van der Waals surface area contributed by atoms with Crippen LogP contribution in [-0.2, 0) is 65.4 Å². The van der Waals surface area contributed by atoms with E-state index in [1.165, 1.54) is 116 Å². The molecule has 17 nitrogen and oxygen atoms in total. The standard InChI is InChI=1S/C81H142O17P2/c1-5-9-13-17-21-25-29-33-36-37-40-42-46-50-54-58-62-66-79(84)92-72-77(98-81(86)68-64-60-56-52-48-44-39-35-31-27-23-19-15-11-7-3)74-96-100(89,90)94-70-75(82)69-93-99(87,88)95-73-76(71-91-78(83)65-61-57-53-49-45-41-32-28-24-20-16-12-8-4)97-80(85)67-63-59-55-51-47-43-38-34-30-26-22-18-14-10-6-2/h21-23,25-27,33-36,38-40,42,50,54,75-77,82H,5-20,24,28-32,37,41,43-49,51-53,55-74H2,1-4H3,(H,87,88)(H,89,90)/b25-21-,26-22-,27-23-,36-33-,38-34-,39-35-,42-40-,54-50-/t75-,76+,77+/m0/s1. The molecule has 5 atom stereocenters. The minimum Gasteiger partial charge on any atom is -0.462 e. The minimum absolute atomic E-state index is 0.0672. The molecule has 2 unspecified atom stereocenters. The van der Waals surface area contributed by atoms with E-state index in [0.717, 1.165) is 135 Å². The number of ether oxygens (including phenoxy) is 4. The summed E-state index contributed by atoms with van der Waals surface area (Å²) >= 11 is 0. The van der Waals surface area contributed by atoms with E-state index in [1.54, 1.807) is 0 Å². The number of phosphoric acid groups is 2. The zero-order valence-corrected chi connectivity index (χ0v) is 64.9. The maximum atomic E-state index is 13.1. The van der Waals surface area contributed by atoms with E-state index in [2.05, 4.69) is 113 Å². The Bertz CT molecular complexity index is 2270. The molecule has 0 heterocycles. The minimum atomic E-state index is -4.99. The van der Waals surface area contributed by atoms with Crippen LogP contribution in [0.1, 0.15) is 336 Å². The molecule has 0 aliphatic carbocycles. The number of carbonyl (C=O) groups excluding carboxylic acids is 4. The topological polar surface area (TPSA) is 237 Å². The number of aliphatic hydroxyl groups excluding tert-OH is 1. The quantitative estimate of drug-likeness (QED) is 0.0169. The molecule has 0 saturated heterocycles. The first-order valence-electron chi connectivity index (χ1n) is 39.5. The first-order valence-corrected chi connectivity index (χ1v) is 42.5. The lowest BCUT2D eigenvalue weighted by Crippen LogP contribution is -2.30. The van der Waals surface area contributed by atoms with Crippen molar-refractivity contribution in [2.24, 2.45) is 0 Å². The fourth-order valence-corrected chi connectivity index (χ4v) is 12.0. The van der Waals surface area contributed by atoms with Crippen LogP contribution in [0, 0.1) is 0 Å². The Labute approximate surface area is 607 Å². The van der Waals surface area contributed by atoms with Gasteiger partial charge >= 0.3 is 39.5 Å². The number of hydrogen-bond acceptors (Lipinski definition) is 15.